The fourth-order valence-corrected chi connectivity index (χ4v) is 1.87. The van der Waals surface area contributed by atoms with Crippen LogP contribution < -0.4 is 5.32 Å². The number of hydrogen-bond acceptors (Lipinski definition) is 1. The summed E-state index contributed by atoms with van der Waals surface area (Å²) in [4.78, 5) is 0. The summed E-state index contributed by atoms with van der Waals surface area (Å²) in [7, 11) is 2.00. The third-order valence-electron chi connectivity index (χ3n) is 1.97. The maximum absolute atomic E-state index is 5.91. The highest BCUT2D eigenvalue weighted by Crippen LogP contribution is 2.28. The van der Waals surface area contributed by atoms with E-state index in [1.165, 1.54) is 19.3 Å². The van der Waals surface area contributed by atoms with Crippen LogP contribution >= 0.6 is 11.6 Å². The van der Waals surface area contributed by atoms with Gasteiger partial charge in [0.25, 0.3) is 0 Å². The van der Waals surface area contributed by atoms with Gasteiger partial charge in [0.1, 0.15) is 0 Å². The highest BCUT2D eigenvalue weighted by molar-refractivity contribution is 6.20. The van der Waals surface area contributed by atoms with Crippen molar-refractivity contribution in [1.29, 1.82) is 0 Å². The maximum Gasteiger partial charge on any atom is 0.0339 e. The molecule has 0 aromatic rings. The van der Waals surface area contributed by atoms with Crippen LogP contribution in [-0.2, 0) is 0 Å². The molecule has 1 nitrogen and oxygen atoms in total. The fourth-order valence-electron chi connectivity index (χ4n) is 1.49. The van der Waals surface area contributed by atoms with Gasteiger partial charge in [-0.15, -0.1) is 11.6 Å². The van der Waals surface area contributed by atoms with Gasteiger partial charge in [-0.1, -0.05) is 0 Å². The minimum atomic E-state index is 0.461. The SMILES string of the molecule is CNCC1CCC(Cl)C1. The Balaban J connectivity index is 2.14. The van der Waals surface area contributed by atoms with E-state index in [4.69, 9.17) is 11.6 Å². The number of hydrogen-bond donors (Lipinski definition) is 1. The molecule has 0 aromatic carbocycles. The van der Waals surface area contributed by atoms with Gasteiger partial charge in [0.15, 0.2) is 0 Å². The summed E-state index contributed by atoms with van der Waals surface area (Å²) < 4.78 is 0. The zero-order valence-electron chi connectivity index (χ0n) is 5.86. The molecule has 1 fully saturated rings. The molecule has 9 heavy (non-hydrogen) atoms. The van der Waals surface area contributed by atoms with E-state index in [-0.39, 0.29) is 0 Å². The average Bonchev–Trinajstić information content (AvgIpc) is 2.17. The standard InChI is InChI=1S/C7H14ClN/c1-9-5-6-2-3-7(8)4-6/h6-7,9H,2-5H2,1H3. The summed E-state index contributed by atoms with van der Waals surface area (Å²) in [6.07, 6.45) is 3.74. The van der Waals surface area contributed by atoms with Gasteiger partial charge < -0.3 is 5.32 Å². The number of alkyl halides is 1. The van der Waals surface area contributed by atoms with Gasteiger partial charge in [-0.2, -0.15) is 0 Å². The predicted molar refractivity (Wildman–Crippen MR) is 40.9 cm³/mol. The van der Waals surface area contributed by atoms with Crippen molar-refractivity contribution in [2.75, 3.05) is 13.6 Å². The summed E-state index contributed by atoms with van der Waals surface area (Å²) in [5, 5.41) is 3.63. The number of rotatable bonds is 2. The molecular formula is C7H14ClN. The van der Waals surface area contributed by atoms with E-state index in [1.54, 1.807) is 0 Å². The van der Waals surface area contributed by atoms with E-state index in [2.05, 4.69) is 5.32 Å². The quantitative estimate of drug-likeness (QED) is 0.586. The van der Waals surface area contributed by atoms with Gasteiger partial charge in [-0.25, -0.2) is 0 Å². The first-order valence-corrected chi connectivity index (χ1v) is 4.05. The van der Waals surface area contributed by atoms with Crippen molar-refractivity contribution < 1.29 is 0 Å². The molecule has 0 bridgehead atoms. The molecule has 1 saturated carbocycles. The highest BCUT2D eigenvalue weighted by Gasteiger charge is 2.21. The molecule has 0 saturated heterocycles. The van der Waals surface area contributed by atoms with Gasteiger partial charge in [0, 0.05) is 5.38 Å². The fraction of sp³-hybridized carbons (Fsp3) is 1.00. The summed E-state index contributed by atoms with van der Waals surface area (Å²) in [5.74, 6) is 0.845. The van der Waals surface area contributed by atoms with Crippen LogP contribution in [0.2, 0.25) is 0 Å². The van der Waals surface area contributed by atoms with Gasteiger partial charge in [-0.05, 0) is 38.8 Å². The average molecular weight is 148 g/mol. The lowest BCUT2D eigenvalue weighted by atomic mass is 10.1. The van der Waals surface area contributed by atoms with Crippen molar-refractivity contribution in [1.82, 2.24) is 5.32 Å². The third kappa shape index (κ3) is 2.15. The first-order chi connectivity index (χ1) is 4.33. The van der Waals surface area contributed by atoms with Crippen LogP contribution in [0.15, 0.2) is 0 Å². The molecule has 0 amide bonds. The molecule has 0 heterocycles. The van der Waals surface area contributed by atoms with E-state index in [0.717, 1.165) is 12.5 Å². The minimum absolute atomic E-state index is 0.461. The van der Waals surface area contributed by atoms with Crippen molar-refractivity contribution in [2.24, 2.45) is 5.92 Å². The highest BCUT2D eigenvalue weighted by atomic mass is 35.5. The predicted octanol–water partition coefficient (Wildman–Crippen LogP) is 1.61. The molecule has 1 aliphatic carbocycles. The van der Waals surface area contributed by atoms with Crippen molar-refractivity contribution in [2.45, 2.75) is 24.6 Å². The van der Waals surface area contributed by atoms with Crippen LogP contribution in [0.1, 0.15) is 19.3 Å². The lowest BCUT2D eigenvalue weighted by molar-refractivity contribution is 0.517. The van der Waals surface area contributed by atoms with Gasteiger partial charge in [-0.3, -0.25) is 0 Å². The Labute approximate surface area is 61.8 Å². The normalized spacial score (nSPS) is 35.3. The van der Waals surface area contributed by atoms with Crippen LogP contribution in [0.4, 0.5) is 0 Å². The monoisotopic (exact) mass is 147 g/mol. The maximum atomic E-state index is 5.91. The van der Waals surface area contributed by atoms with Crippen LogP contribution in [0.5, 0.6) is 0 Å². The van der Waals surface area contributed by atoms with E-state index in [1.807, 2.05) is 7.05 Å². The Bertz CT molecular complexity index is 83.0. The van der Waals surface area contributed by atoms with Crippen molar-refractivity contribution in [3.05, 3.63) is 0 Å². The summed E-state index contributed by atoms with van der Waals surface area (Å²) in [6, 6.07) is 0. The lowest BCUT2D eigenvalue weighted by Crippen LogP contribution is -2.16. The second kappa shape index (κ2) is 3.43. The molecule has 54 valence electrons. The molecule has 0 aliphatic heterocycles. The minimum Gasteiger partial charge on any atom is -0.319 e. The Morgan fingerprint density at radius 1 is 1.56 bits per heavy atom. The Morgan fingerprint density at radius 2 is 2.33 bits per heavy atom. The Kier molecular flexibility index (Phi) is 2.80. The van der Waals surface area contributed by atoms with Crippen molar-refractivity contribution in [3.63, 3.8) is 0 Å². The second-order valence-electron chi connectivity index (χ2n) is 2.83. The topological polar surface area (TPSA) is 12.0 Å². The molecular weight excluding hydrogens is 134 g/mol. The van der Waals surface area contributed by atoms with E-state index < -0.39 is 0 Å². The molecule has 2 atom stereocenters. The van der Waals surface area contributed by atoms with Crippen LogP contribution in [0.3, 0.4) is 0 Å². The Morgan fingerprint density at radius 3 is 2.78 bits per heavy atom. The number of halogens is 1. The molecule has 1 aliphatic rings. The smallest absolute Gasteiger partial charge is 0.0339 e. The molecule has 2 heteroatoms. The van der Waals surface area contributed by atoms with Crippen molar-refractivity contribution in [3.8, 4) is 0 Å². The summed E-state index contributed by atoms with van der Waals surface area (Å²) >= 11 is 5.91. The lowest BCUT2D eigenvalue weighted by Gasteiger charge is -2.05. The molecule has 0 radical (unpaired) electrons. The van der Waals surface area contributed by atoms with E-state index in [9.17, 15) is 0 Å². The van der Waals surface area contributed by atoms with Gasteiger partial charge in [0.2, 0.25) is 0 Å². The summed E-state index contributed by atoms with van der Waals surface area (Å²) in [5.41, 5.74) is 0. The van der Waals surface area contributed by atoms with Crippen LogP contribution in [0, 0.1) is 5.92 Å². The van der Waals surface area contributed by atoms with Gasteiger partial charge in [0.05, 0.1) is 0 Å². The molecule has 0 spiro atoms. The first-order valence-electron chi connectivity index (χ1n) is 3.61. The second-order valence-corrected chi connectivity index (χ2v) is 3.45. The van der Waals surface area contributed by atoms with E-state index in [0.29, 0.717) is 5.38 Å². The molecule has 1 rings (SSSR count). The largest absolute Gasteiger partial charge is 0.319 e. The summed E-state index contributed by atoms with van der Waals surface area (Å²) in [6.45, 7) is 1.14. The zero-order valence-corrected chi connectivity index (χ0v) is 6.62. The van der Waals surface area contributed by atoms with Crippen molar-refractivity contribution >= 4 is 11.6 Å². The van der Waals surface area contributed by atoms with Gasteiger partial charge >= 0.3 is 0 Å². The zero-order chi connectivity index (χ0) is 6.69. The first kappa shape index (κ1) is 7.36. The molecule has 2 unspecified atom stereocenters. The molecule has 1 N–H and O–H groups in total. The van der Waals surface area contributed by atoms with Crippen LogP contribution in [0.25, 0.3) is 0 Å². The Hall–Kier alpha value is 0.250. The van der Waals surface area contributed by atoms with Crippen LogP contribution in [-0.4, -0.2) is 19.0 Å². The number of nitrogens with one attached hydrogen (secondary N) is 1. The molecule has 0 aromatic heterocycles. The van der Waals surface area contributed by atoms with E-state index >= 15 is 0 Å². The third-order valence-corrected chi connectivity index (χ3v) is 2.37.